The number of hydrogen-bond donors (Lipinski definition) is 1. The summed E-state index contributed by atoms with van der Waals surface area (Å²) in [7, 11) is 4.01. The third kappa shape index (κ3) is 1.98. The number of aryl methyl sites for hydroxylation is 2. The van der Waals surface area contributed by atoms with Gasteiger partial charge in [-0.05, 0) is 64.7 Å². The van der Waals surface area contributed by atoms with Gasteiger partial charge in [-0.15, -0.1) is 5.10 Å². The lowest BCUT2D eigenvalue weighted by molar-refractivity contribution is 0.452. The predicted octanol–water partition coefficient (Wildman–Crippen LogP) is 2.81. The highest BCUT2D eigenvalue weighted by molar-refractivity contribution is 9.10. The molecule has 1 saturated carbocycles. The summed E-state index contributed by atoms with van der Waals surface area (Å²) in [4.78, 5) is 0. The highest BCUT2D eigenvalue weighted by atomic mass is 79.9. The van der Waals surface area contributed by atoms with Gasteiger partial charge < -0.3 is 5.32 Å². The lowest BCUT2D eigenvalue weighted by Gasteiger charge is -2.17. The molecule has 2 aromatic rings. The Balaban J connectivity index is 1.70. The molecule has 1 aromatic heterocycles. The third-order valence-corrected chi connectivity index (χ3v) is 5.77. The predicted molar refractivity (Wildman–Crippen MR) is 85.0 cm³/mol. The molecule has 1 heterocycles. The summed E-state index contributed by atoms with van der Waals surface area (Å²) in [5, 5.41) is 11.8. The van der Waals surface area contributed by atoms with Gasteiger partial charge in [-0.2, -0.15) is 0 Å². The second kappa shape index (κ2) is 4.92. The van der Waals surface area contributed by atoms with E-state index >= 15 is 0 Å². The van der Waals surface area contributed by atoms with Gasteiger partial charge in [0.05, 0.1) is 11.7 Å². The van der Waals surface area contributed by atoms with Gasteiger partial charge >= 0.3 is 0 Å². The minimum Gasteiger partial charge on any atom is -0.311 e. The molecule has 2 aliphatic carbocycles. The van der Waals surface area contributed by atoms with Crippen LogP contribution in [0.15, 0.2) is 28.9 Å². The Morgan fingerprint density at radius 3 is 2.90 bits per heavy atom. The van der Waals surface area contributed by atoms with E-state index in [4.69, 9.17) is 0 Å². The van der Waals surface area contributed by atoms with Gasteiger partial charge in [0.2, 0.25) is 0 Å². The first-order chi connectivity index (χ1) is 10.2. The van der Waals surface area contributed by atoms with Gasteiger partial charge in [-0.3, -0.25) is 0 Å². The lowest BCUT2D eigenvalue weighted by atomic mass is 9.92. The van der Waals surface area contributed by atoms with Crippen molar-refractivity contribution in [3.63, 3.8) is 0 Å². The standard InChI is InChI=1S/C16H19BrN4/c1-18-14(15-16(17)19-20-21(15)2)13-11-8-7-9-5-3-4-6-10(9)12(11)13/h3-6,11-14,18H,7-8H2,1-2H3. The summed E-state index contributed by atoms with van der Waals surface area (Å²) in [6.45, 7) is 0. The minimum atomic E-state index is 0.306. The molecular weight excluding hydrogens is 328 g/mol. The summed E-state index contributed by atoms with van der Waals surface area (Å²) in [5.74, 6) is 2.13. The molecule has 0 spiro atoms. The average molecular weight is 347 g/mol. The molecule has 0 amide bonds. The van der Waals surface area contributed by atoms with Crippen LogP contribution < -0.4 is 5.32 Å². The molecule has 1 aromatic carbocycles. The molecule has 0 saturated heterocycles. The van der Waals surface area contributed by atoms with Crippen LogP contribution >= 0.6 is 15.9 Å². The fourth-order valence-corrected chi connectivity index (χ4v) is 4.83. The number of benzene rings is 1. The maximum absolute atomic E-state index is 4.15. The van der Waals surface area contributed by atoms with E-state index in [9.17, 15) is 0 Å². The fourth-order valence-electron chi connectivity index (χ4n) is 4.25. The van der Waals surface area contributed by atoms with Crippen molar-refractivity contribution in [2.24, 2.45) is 18.9 Å². The Hall–Kier alpha value is -1.20. The van der Waals surface area contributed by atoms with Crippen molar-refractivity contribution in [3.05, 3.63) is 45.7 Å². The third-order valence-electron chi connectivity index (χ3n) is 5.21. The summed E-state index contributed by atoms with van der Waals surface area (Å²) in [6, 6.07) is 9.24. The molecule has 5 heteroatoms. The molecule has 1 N–H and O–H groups in total. The van der Waals surface area contributed by atoms with E-state index < -0.39 is 0 Å². The topological polar surface area (TPSA) is 42.7 Å². The van der Waals surface area contributed by atoms with E-state index in [1.807, 2.05) is 18.8 Å². The Morgan fingerprint density at radius 2 is 2.19 bits per heavy atom. The van der Waals surface area contributed by atoms with E-state index in [-0.39, 0.29) is 0 Å². The number of halogens is 1. The van der Waals surface area contributed by atoms with Crippen LogP contribution in [0.5, 0.6) is 0 Å². The smallest absolute Gasteiger partial charge is 0.153 e. The van der Waals surface area contributed by atoms with Crippen molar-refractivity contribution in [1.82, 2.24) is 20.3 Å². The number of aromatic nitrogens is 3. The van der Waals surface area contributed by atoms with Gasteiger partial charge in [0.15, 0.2) is 4.60 Å². The van der Waals surface area contributed by atoms with E-state index in [0.29, 0.717) is 17.9 Å². The summed E-state index contributed by atoms with van der Waals surface area (Å²) >= 11 is 3.55. The van der Waals surface area contributed by atoms with Crippen LogP contribution in [-0.4, -0.2) is 22.0 Å². The quantitative estimate of drug-likeness (QED) is 0.929. The van der Waals surface area contributed by atoms with Crippen LogP contribution in [0, 0.1) is 11.8 Å². The number of fused-ring (bicyclic) bond motifs is 3. The van der Waals surface area contributed by atoms with E-state index in [1.54, 1.807) is 11.1 Å². The average Bonchev–Trinajstić information content (AvgIpc) is 3.15. The van der Waals surface area contributed by atoms with Gasteiger partial charge in [-0.25, -0.2) is 4.68 Å². The zero-order valence-electron chi connectivity index (χ0n) is 12.3. The molecular formula is C16H19BrN4. The van der Waals surface area contributed by atoms with Crippen LogP contribution in [0.3, 0.4) is 0 Å². The normalized spacial score (nSPS) is 27.9. The van der Waals surface area contributed by atoms with Crippen molar-refractivity contribution < 1.29 is 0 Å². The van der Waals surface area contributed by atoms with Crippen molar-refractivity contribution in [3.8, 4) is 0 Å². The van der Waals surface area contributed by atoms with Crippen molar-refractivity contribution in [1.29, 1.82) is 0 Å². The Kier molecular flexibility index (Phi) is 3.15. The van der Waals surface area contributed by atoms with E-state index in [2.05, 4.69) is 55.8 Å². The lowest BCUT2D eigenvalue weighted by Crippen LogP contribution is -2.23. The van der Waals surface area contributed by atoms with Crippen molar-refractivity contribution in [2.75, 3.05) is 7.05 Å². The molecule has 21 heavy (non-hydrogen) atoms. The molecule has 2 aliphatic rings. The Morgan fingerprint density at radius 1 is 1.38 bits per heavy atom. The van der Waals surface area contributed by atoms with Crippen LogP contribution in [0.25, 0.3) is 0 Å². The molecule has 4 atom stereocenters. The van der Waals surface area contributed by atoms with Crippen LogP contribution in [0.4, 0.5) is 0 Å². The largest absolute Gasteiger partial charge is 0.311 e. The first-order valence-electron chi connectivity index (χ1n) is 7.52. The maximum Gasteiger partial charge on any atom is 0.153 e. The van der Waals surface area contributed by atoms with Crippen molar-refractivity contribution >= 4 is 15.9 Å². The van der Waals surface area contributed by atoms with E-state index in [0.717, 1.165) is 16.2 Å². The van der Waals surface area contributed by atoms with Crippen LogP contribution in [0.2, 0.25) is 0 Å². The molecule has 0 radical (unpaired) electrons. The monoisotopic (exact) mass is 346 g/mol. The first kappa shape index (κ1) is 13.5. The molecule has 4 nitrogen and oxygen atoms in total. The molecule has 4 unspecified atom stereocenters. The maximum atomic E-state index is 4.15. The zero-order chi connectivity index (χ0) is 14.6. The minimum absolute atomic E-state index is 0.306. The molecule has 1 fully saturated rings. The highest BCUT2D eigenvalue weighted by Crippen LogP contribution is 2.64. The number of rotatable bonds is 3. The Labute approximate surface area is 133 Å². The molecule has 0 bridgehead atoms. The van der Waals surface area contributed by atoms with Gasteiger partial charge in [-0.1, -0.05) is 29.5 Å². The summed E-state index contributed by atoms with van der Waals surface area (Å²) < 4.78 is 2.75. The summed E-state index contributed by atoms with van der Waals surface area (Å²) in [6.07, 6.45) is 2.52. The fraction of sp³-hybridized carbons (Fsp3) is 0.500. The van der Waals surface area contributed by atoms with Crippen LogP contribution in [0.1, 0.15) is 35.2 Å². The second-order valence-electron chi connectivity index (χ2n) is 6.16. The van der Waals surface area contributed by atoms with Crippen LogP contribution in [-0.2, 0) is 13.5 Å². The number of nitrogens with one attached hydrogen (secondary N) is 1. The Bertz CT molecular complexity index is 661. The van der Waals surface area contributed by atoms with Gasteiger partial charge in [0, 0.05) is 7.05 Å². The summed E-state index contributed by atoms with van der Waals surface area (Å²) in [5.41, 5.74) is 4.26. The second-order valence-corrected chi connectivity index (χ2v) is 6.91. The SMILES string of the molecule is CNC(c1c(Br)nnn1C)C1C2CCc3ccccc3C21. The zero-order valence-corrected chi connectivity index (χ0v) is 13.8. The number of hydrogen-bond acceptors (Lipinski definition) is 3. The van der Waals surface area contributed by atoms with Gasteiger partial charge in [0.25, 0.3) is 0 Å². The van der Waals surface area contributed by atoms with Gasteiger partial charge in [0.1, 0.15) is 0 Å². The highest BCUT2D eigenvalue weighted by Gasteiger charge is 2.57. The molecule has 4 rings (SSSR count). The molecule has 110 valence electrons. The molecule has 0 aliphatic heterocycles. The first-order valence-corrected chi connectivity index (χ1v) is 8.31. The van der Waals surface area contributed by atoms with E-state index in [1.165, 1.54) is 12.8 Å². The van der Waals surface area contributed by atoms with Crippen molar-refractivity contribution in [2.45, 2.75) is 24.8 Å². The number of nitrogens with zero attached hydrogens (tertiary/aromatic N) is 3.